The Morgan fingerprint density at radius 1 is 0.544 bits per heavy atom. The molecule has 0 aliphatic carbocycles. The highest BCUT2D eigenvalue weighted by molar-refractivity contribution is 5.70. The van der Waals surface area contributed by atoms with Gasteiger partial charge in [0.1, 0.15) is 12.6 Å². The average Bonchev–Trinajstić information content (AvgIpc) is 3.17. The van der Waals surface area contributed by atoms with E-state index in [1.807, 2.05) is 0 Å². The van der Waals surface area contributed by atoms with Gasteiger partial charge in [0.05, 0.1) is 40.3 Å². The van der Waals surface area contributed by atoms with Crippen molar-refractivity contribution in [3.63, 3.8) is 0 Å². The second kappa shape index (κ2) is 39.6. The summed E-state index contributed by atoms with van der Waals surface area (Å²) in [6.45, 7) is 4.46. The minimum atomic E-state index is -1.14. The number of allylic oxidation sites excluding steroid dienone is 12. The second-order valence-corrected chi connectivity index (χ2v) is 15.9. The lowest BCUT2D eigenvalue weighted by molar-refractivity contribution is -0.889. The van der Waals surface area contributed by atoms with Crippen molar-refractivity contribution in [3.8, 4) is 0 Å². The van der Waals surface area contributed by atoms with Gasteiger partial charge in [-0.3, -0.25) is 9.59 Å². The van der Waals surface area contributed by atoms with Crippen LogP contribution in [0.1, 0.15) is 168 Å². The smallest absolute Gasteiger partial charge is 0.306 e. The molecule has 0 spiro atoms. The SMILES string of the molecule is CC/C=C\C/C=C\C/C=C\C/C=C\C/C=C\CCCC(=O)OC(COCCC(C(=O)[O-])[N+](C)(C)C)COC(=O)CCCCCCC/C=C\CCCCCCCCC. The largest absolute Gasteiger partial charge is 0.544 e. The number of likely N-dealkylation sites (N-methyl/N-ethyl adjacent to an activating group) is 1. The van der Waals surface area contributed by atoms with Crippen molar-refractivity contribution in [2.45, 2.75) is 180 Å². The number of ether oxygens (including phenoxy) is 3. The predicted molar refractivity (Wildman–Crippen MR) is 235 cm³/mol. The third kappa shape index (κ3) is 38.1. The first-order valence-corrected chi connectivity index (χ1v) is 22.5. The Morgan fingerprint density at radius 2 is 1.00 bits per heavy atom. The maximum Gasteiger partial charge on any atom is 0.306 e. The first kappa shape index (κ1) is 53.8. The third-order valence-corrected chi connectivity index (χ3v) is 9.58. The average molecular weight is 798 g/mol. The molecule has 0 amide bonds. The van der Waals surface area contributed by atoms with Gasteiger partial charge in [-0.1, -0.05) is 145 Å². The molecule has 0 rings (SSSR count). The number of carboxylic acid groups (broad SMARTS) is 1. The van der Waals surface area contributed by atoms with E-state index in [0.29, 0.717) is 12.8 Å². The van der Waals surface area contributed by atoms with Gasteiger partial charge < -0.3 is 28.6 Å². The van der Waals surface area contributed by atoms with E-state index in [4.69, 9.17) is 14.2 Å². The zero-order chi connectivity index (χ0) is 42.1. The summed E-state index contributed by atoms with van der Waals surface area (Å²) in [5.41, 5.74) is 0. The summed E-state index contributed by atoms with van der Waals surface area (Å²) in [6, 6.07) is -0.740. The molecule has 8 heteroatoms. The van der Waals surface area contributed by atoms with Gasteiger partial charge in [-0.25, -0.2) is 0 Å². The number of aliphatic carboxylic acids is 1. The molecule has 0 aliphatic heterocycles. The number of carbonyl (C=O) groups is 3. The van der Waals surface area contributed by atoms with Gasteiger partial charge in [0, 0.05) is 19.3 Å². The minimum Gasteiger partial charge on any atom is -0.544 e. The van der Waals surface area contributed by atoms with Crippen LogP contribution in [0.5, 0.6) is 0 Å². The Bertz CT molecular complexity index is 1160. The highest BCUT2D eigenvalue weighted by Crippen LogP contribution is 2.12. The van der Waals surface area contributed by atoms with E-state index in [9.17, 15) is 19.5 Å². The molecule has 2 atom stereocenters. The normalized spacial score (nSPS) is 13.6. The van der Waals surface area contributed by atoms with Crippen molar-refractivity contribution in [1.29, 1.82) is 0 Å². The molecule has 0 aromatic rings. The molecular formula is C49H83NO7. The van der Waals surface area contributed by atoms with E-state index >= 15 is 0 Å². The van der Waals surface area contributed by atoms with Gasteiger partial charge in [0.25, 0.3) is 0 Å². The molecule has 0 heterocycles. The monoisotopic (exact) mass is 798 g/mol. The summed E-state index contributed by atoms with van der Waals surface area (Å²) in [7, 11) is 5.38. The fourth-order valence-electron chi connectivity index (χ4n) is 6.10. The number of carboxylic acids is 1. The van der Waals surface area contributed by atoms with E-state index < -0.39 is 18.1 Å². The molecule has 326 valence electrons. The predicted octanol–water partition coefficient (Wildman–Crippen LogP) is 11.0. The summed E-state index contributed by atoms with van der Waals surface area (Å²) < 4.78 is 17.1. The van der Waals surface area contributed by atoms with Crippen LogP contribution in [-0.2, 0) is 28.6 Å². The number of carbonyl (C=O) groups excluding carboxylic acids is 3. The van der Waals surface area contributed by atoms with E-state index in [1.54, 1.807) is 21.1 Å². The lowest BCUT2D eigenvalue weighted by atomic mass is 10.1. The van der Waals surface area contributed by atoms with Crippen molar-refractivity contribution in [1.82, 2.24) is 0 Å². The topological polar surface area (TPSA) is 102 Å². The van der Waals surface area contributed by atoms with Crippen LogP contribution in [0.4, 0.5) is 0 Å². The number of quaternary nitrogens is 1. The Balaban J connectivity index is 4.46. The zero-order valence-electron chi connectivity index (χ0n) is 37.0. The summed E-state index contributed by atoms with van der Waals surface area (Å²) in [6.07, 6.45) is 49.3. The Labute approximate surface area is 349 Å². The van der Waals surface area contributed by atoms with Crippen molar-refractivity contribution in [2.75, 3.05) is 41.0 Å². The molecule has 0 saturated heterocycles. The van der Waals surface area contributed by atoms with Crippen LogP contribution in [-0.4, -0.2) is 75.5 Å². The minimum absolute atomic E-state index is 0.0121. The molecule has 2 unspecified atom stereocenters. The molecule has 0 aliphatic rings. The van der Waals surface area contributed by atoms with Crippen molar-refractivity contribution >= 4 is 17.9 Å². The first-order chi connectivity index (χ1) is 27.6. The second-order valence-electron chi connectivity index (χ2n) is 15.9. The molecule has 0 N–H and O–H groups in total. The van der Waals surface area contributed by atoms with Crippen LogP contribution in [0.2, 0.25) is 0 Å². The quantitative estimate of drug-likeness (QED) is 0.0264. The standard InChI is InChI=1S/C49H83NO7/c1-6-8-10-12-14-16-18-20-22-24-26-28-30-32-34-36-38-40-48(52)57-45(43-55-42-41-46(49(53)54)50(3,4)5)44-56-47(51)39-37-35-33-31-29-27-25-23-21-19-17-15-13-11-9-7-2/h8,10,14,16,20,22-23,25-26,28,32,34,45-46H,6-7,9,11-13,15,17-19,21,24,27,29-31,33,35-44H2,1-5H3/b10-8-,16-14-,22-20-,25-23-,28-26-,34-32-. The van der Waals surface area contributed by atoms with Gasteiger partial charge in [0.15, 0.2) is 6.10 Å². The highest BCUT2D eigenvalue weighted by atomic mass is 16.6. The van der Waals surface area contributed by atoms with Crippen LogP contribution in [0.3, 0.4) is 0 Å². The zero-order valence-corrected chi connectivity index (χ0v) is 37.0. The van der Waals surface area contributed by atoms with Crippen LogP contribution in [0.15, 0.2) is 72.9 Å². The van der Waals surface area contributed by atoms with Crippen LogP contribution < -0.4 is 5.11 Å². The fourth-order valence-corrected chi connectivity index (χ4v) is 6.10. The molecule has 0 fully saturated rings. The maximum atomic E-state index is 12.7. The van der Waals surface area contributed by atoms with Crippen molar-refractivity contribution < 1.29 is 38.2 Å². The van der Waals surface area contributed by atoms with Gasteiger partial charge in [-0.05, 0) is 77.0 Å². The Hall–Kier alpha value is -3.23. The molecular weight excluding hydrogens is 715 g/mol. The summed E-state index contributed by atoms with van der Waals surface area (Å²) in [5.74, 6) is -1.83. The lowest BCUT2D eigenvalue weighted by Gasteiger charge is -2.34. The third-order valence-electron chi connectivity index (χ3n) is 9.58. The number of hydrogen-bond acceptors (Lipinski definition) is 7. The highest BCUT2D eigenvalue weighted by Gasteiger charge is 2.25. The molecule has 0 radical (unpaired) electrons. The van der Waals surface area contributed by atoms with Crippen LogP contribution in [0.25, 0.3) is 0 Å². The van der Waals surface area contributed by atoms with Crippen molar-refractivity contribution in [3.05, 3.63) is 72.9 Å². The van der Waals surface area contributed by atoms with Crippen molar-refractivity contribution in [2.24, 2.45) is 0 Å². The van der Waals surface area contributed by atoms with Gasteiger partial charge in [-0.2, -0.15) is 0 Å². The number of nitrogens with zero attached hydrogens (tertiary/aromatic N) is 1. The molecule has 8 nitrogen and oxygen atoms in total. The number of hydrogen-bond donors (Lipinski definition) is 0. The number of esters is 2. The number of rotatable bonds is 39. The molecule has 0 saturated carbocycles. The summed E-state index contributed by atoms with van der Waals surface area (Å²) >= 11 is 0. The van der Waals surface area contributed by atoms with Gasteiger partial charge in [0.2, 0.25) is 0 Å². The summed E-state index contributed by atoms with van der Waals surface area (Å²) in [4.78, 5) is 36.8. The first-order valence-electron chi connectivity index (χ1n) is 22.5. The van der Waals surface area contributed by atoms with E-state index in [0.717, 1.165) is 70.6 Å². The molecule has 0 aromatic carbocycles. The lowest BCUT2D eigenvalue weighted by Crippen LogP contribution is -2.55. The Kier molecular flexibility index (Phi) is 37.3. The van der Waals surface area contributed by atoms with E-state index in [-0.39, 0.29) is 49.1 Å². The fraction of sp³-hybridized carbons (Fsp3) is 0.694. The molecule has 57 heavy (non-hydrogen) atoms. The number of unbranched alkanes of at least 4 members (excludes halogenated alkanes) is 13. The summed E-state index contributed by atoms with van der Waals surface area (Å²) in [5, 5.41) is 11.6. The van der Waals surface area contributed by atoms with Crippen LogP contribution in [0, 0.1) is 0 Å². The maximum absolute atomic E-state index is 12.7. The van der Waals surface area contributed by atoms with E-state index in [2.05, 4.69) is 86.8 Å². The molecule has 0 bridgehead atoms. The van der Waals surface area contributed by atoms with Gasteiger partial charge in [-0.15, -0.1) is 0 Å². The Morgan fingerprint density at radius 3 is 1.53 bits per heavy atom. The van der Waals surface area contributed by atoms with E-state index in [1.165, 1.54) is 57.8 Å². The molecule has 0 aromatic heterocycles. The van der Waals surface area contributed by atoms with Crippen LogP contribution >= 0.6 is 0 Å². The van der Waals surface area contributed by atoms with Gasteiger partial charge >= 0.3 is 11.9 Å².